The number of carbonyl (C=O) groups excluding carboxylic acids is 3. The molecule has 1 saturated heterocycles. The van der Waals surface area contributed by atoms with E-state index in [0.717, 1.165) is 16.7 Å². The molecule has 1 fully saturated rings. The van der Waals surface area contributed by atoms with E-state index in [1.54, 1.807) is 42.5 Å². The number of amides is 2. The molecule has 0 atom stereocenters. The molecule has 1 aliphatic rings. The quantitative estimate of drug-likeness (QED) is 0.368. The predicted octanol–water partition coefficient (Wildman–Crippen LogP) is 5.18. The molecule has 10 heteroatoms. The molecule has 2 aromatic rings. The van der Waals surface area contributed by atoms with Crippen molar-refractivity contribution in [3.8, 4) is 11.5 Å². The largest absolute Gasteiger partial charge is 0.490 e. The van der Waals surface area contributed by atoms with E-state index in [4.69, 9.17) is 32.7 Å². The Bertz CT molecular complexity index is 1090. The third kappa shape index (κ3) is 5.76. The lowest BCUT2D eigenvalue weighted by atomic mass is 10.1. The summed E-state index contributed by atoms with van der Waals surface area (Å²) >= 11 is 12.8. The summed E-state index contributed by atoms with van der Waals surface area (Å²) in [6.45, 7) is 2.01. The zero-order valence-electron chi connectivity index (χ0n) is 17.2. The van der Waals surface area contributed by atoms with Gasteiger partial charge in [0.1, 0.15) is 0 Å². The van der Waals surface area contributed by atoms with Crippen LogP contribution in [0.4, 0.5) is 4.79 Å². The van der Waals surface area contributed by atoms with Gasteiger partial charge in [0.25, 0.3) is 11.1 Å². The Morgan fingerprint density at radius 3 is 2.53 bits per heavy atom. The second-order valence-corrected chi connectivity index (χ2v) is 8.33. The van der Waals surface area contributed by atoms with E-state index in [1.807, 2.05) is 6.92 Å². The fourth-order valence-corrected chi connectivity index (χ4v) is 3.96. The maximum absolute atomic E-state index is 12.8. The molecule has 0 radical (unpaired) electrons. The summed E-state index contributed by atoms with van der Waals surface area (Å²) in [5.74, 6) is -0.162. The number of thioether (sulfide) groups is 1. The fraction of sp³-hybridized carbons (Fsp3) is 0.227. The van der Waals surface area contributed by atoms with Gasteiger partial charge < -0.3 is 14.2 Å². The van der Waals surface area contributed by atoms with Crippen molar-refractivity contribution in [2.75, 3.05) is 20.3 Å². The number of nitrogens with zero attached hydrogens (tertiary/aromatic N) is 1. The van der Waals surface area contributed by atoms with Crippen LogP contribution in [0, 0.1) is 0 Å². The zero-order chi connectivity index (χ0) is 23.3. The summed E-state index contributed by atoms with van der Waals surface area (Å²) in [6, 6.07) is 9.94. The number of halogens is 2. The van der Waals surface area contributed by atoms with Crippen LogP contribution in [-0.4, -0.2) is 42.3 Å². The highest BCUT2D eigenvalue weighted by Crippen LogP contribution is 2.36. The van der Waals surface area contributed by atoms with Crippen molar-refractivity contribution in [2.24, 2.45) is 0 Å². The molecule has 1 aliphatic heterocycles. The maximum Gasteiger partial charge on any atom is 0.343 e. The number of esters is 1. The molecule has 0 bridgehead atoms. The molecular weight excluding hydrogens is 477 g/mol. The van der Waals surface area contributed by atoms with E-state index in [-0.39, 0.29) is 23.3 Å². The Labute approximate surface area is 199 Å². The second-order valence-electron chi connectivity index (χ2n) is 6.52. The molecule has 0 N–H and O–H groups in total. The van der Waals surface area contributed by atoms with Gasteiger partial charge in [0.2, 0.25) is 0 Å². The zero-order valence-corrected chi connectivity index (χ0v) is 19.6. The first-order chi connectivity index (χ1) is 15.3. The summed E-state index contributed by atoms with van der Waals surface area (Å²) < 4.78 is 15.6. The Morgan fingerprint density at radius 1 is 1.06 bits per heavy atom. The number of imide groups is 1. The van der Waals surface area contributed by atoms with Crippen LogP contribution in [0.1, 0.15) is 18.1 Å². The third-order valence-corrected chi connectivity index (χ3v) is 5.98. The van der Waals surface area contributed by atoms with Gasteiger partial charge in [0, 0.05) is 0 Å². The number of hydrogen-bond acceptors (Lipinski definition) is 7. The Morgan fingerprint density at radius 2 is 1.84 bits per heavy atom. The van der Waals surface area contributed by atoms with Gasteiger partial charge in [0.05, 0.1) is 35.2 Å². The van der Waals surface area contributed by atoms with Gasteiger partial charge in [-0.1, -0.05) is 35.3 Å². The Balaban J connectivity index is 1.79. The number of ether oxygens (including phenoxy) is 3. The smallest absolute Gasteiger partial charge is 0.343 e. The minimum atomic E-state index is -0.521. The fourth-order valence-electron chi connectivity index (χ4n) is 2.81. The van der Waals surface area contributed by atoms with Gasteiger partial charge in [-0.15, -0.1) is 0 Å². The van der Waals surface area contributed by atoms with Crippen molar-refractivity contribution in [1.82, 2.24) is 4.90 Å². The molecule has 32 heavy (non-hydrogen) atoms. The topological polar surface area (TPSA) is 82.1 Å². The Kier molecular flexibility index (Phi) is 8.06. The first kappa shape index (κ1) is 24.0. The highest BCUT2D eigenvalue weighted by atomic mass is 35.5. The van der Waals surface area contributed by atoms with E-state index in [9.17, 15) is 14.4 Å². The van der Waals surface area contributed by atoms with Gasteiger partial charge in [-0.05, 0) is 60.2 Å². The number of benzene rings is 2. The minimum Gasteiger partial charge on any atom is -0.490 e. The number of methoxy groups -OCH3 is 1. The standard InChI is InChI=1S/C22H19Cl2NO6S/c1-3-30-18-9-13(5-7-17(18)31-12-20(26)29-2)10-19-21(27)25(22(28)32-19)11-14-4-6-15(23)16(24)8-14/h4-10H,3,11-12H2,1-2H3/b19-10+. The molecule has 0 aromatic heterocycles. The van der Waals surface area contributed by atoms with E-state index < -0.39 is 11.9 Å². The van der Waals surface area contributed by atoms with Crippen molar-refractivity contribution < 1.29 is 28.6 Å². The summed E-state index contributed by atoms with van der Waals surface area (Å²) in [4.78, 5) is 38.0. The van der Waals surface area contributed by atoms with Gasteiger partial charge in [-0.25, -0.2) is 4.79 Å². The highest BCUT2D eigenvalue weighted by molar-refractivity contribution is 8.18. The van der Waals surface area contributed by atoms with Gasteiger partial charge in [0.15, 0.2) is 18.1 Å². The van der Waals surface area contributed by atoms with E-state index in [2.05, 4.69) is 4.74 Å². The summed E-state index contributed by atoms with van der Waals surface area (Å²) in [7, 11) is 1.27. The molecule has 0 unspecified atom stereocenters. The van der Waals surface area contributed by atoms with Gasteiger partial charge >= 0.3 is 5.97 Å². The molecule has 7 nitrogen and oxygen atoms in total. The summed E-state index contributed by atoms with van der Waals surface area (Å²) in [6.07, 6.45) is 1.60. The SMILES string of the molecule is CCOc1cc(/C=C2/SC(=O)N(Cc3ccc(Cl)c(Cl)c3)C2=O)ccc1OCC(=O)OC. The molecule has 3 rings (SSSR count). The van der Waals surface area contributed by atoms with Crippen LogP contribution < -0.4 is 9.47 Å². The highest BCUT2D eigenvalue weighted by Gasteiger charge is 2.35. The normalized spacial score (nSPS) is 14.8. The monoisotopic (exact) mass is 495 g/mol. The van der Waals surface area contributed by atoms with E-state index >= 15 is 0 Å². The van der Waals surface area contributed by atoms with Crippen molar-refractivity contribution in [2.45, 2.75) is 13.5 Å². The summed E-state index contributed by atoms with van der Waals surface area (Å²) in [5.41, 5.74) is 1.33. The molecule has 2 amide bonds. The Hall–Kier alpha value is -2.68. The first-order valence-corrected chi connectivity index (χ1v) is 11.1. The van der Waals surface area contributed by atoms with Gasteiger partial charge in [-0.2, -0.15) is 0 Å². The van der Waals surface area contributed by atoms with Crippen molar-refractivity contribution in [1.29, 1.82) is 0 Å². The van der Waals surface area contributed by atoms with Crippen LogP contribution in [-0.2, 0) is 20.9 Å². The van der Waals surface area contributed by atoms with Crippen LogP contribution in [0.15, 0.2) is 41.3 Å². The molecular formula is C22H19Cl2NO6S. The molecule has 168 valence electrons. The van der Waals surface area contributed by atoms with Crippen LogP contribution in [0.2, 0.25) is 10.0 Å². The minimum absolute atomic E-state index is 0.0867. The van der Waals surface area contributed by atoms with E-state index in [1.165, 1.54) is 7.11 Å². The third-order valence-electron chi connectivity index (χ3n) is 4.34. The molecule has 0 saturated carbocycles. The number of carbonyl (C=O) groups is 3. The van der Waals surface area contributed by atoms with E-state index in [0.29, 0.717) is 39.3 Å². The molecule has 0 aliphatic carbocycles. The van der Waals surface area contributed by atoms with Crippen molar-refractivity contribution >= 4 is 58.2 Å². The summed E-state index contributed by atoms with van der Waals surface area (Å²) in [5, 5.41) is 0.369. The average molecular weight is 496 g/mol. The van der Waals surface area contributed by atoms with Gasteiger partial charge in [-0.3, -0.25) is 14.5 Å². The predicted molar refractivity (Wildman–Crippen MR) is 123 cm³/mol. The second kappa shape index (κ2) is 10.8. The number of rotatable bonds is 8. The lowest BCUT2D eigenvalue weighted by Gasteiger charge is -2.13. The first-order valence-electron chi connectivity index (χ1n) is 9.48. The lowest BCUT2D eigenvalue weighted by molar-refractivity contribution is -0.142. The van der Waals surface area contributed by atoms with Crippen LogP contribution in [0.3, 0.4) is 0 Å². The van der Waals surface area contributed by atoms with Crippen molar-refractivity contribution in [3.63, 3.8) is 0 Å². The van der Waals surface area contributed by atoms with Crippen LogP contribution in [0.25, 0.3) is 6.08 Å². The molecule has 0 spiro atoms. The molecule has 2 aromatic carbocycles. The average Bonchev–Trinajstić information content (AvgIpc) is 3.03. The van der Waals surface area contributed by atoms with Crippen LogP contribution in [0.5, 0.6) is 11.5 Å². The van der Waals surface area contributed by atoms with Crippen LogP contribution >= 0.6 is 35.0 Å². The molecule has 1 heterocycles. The van der Waals surface area contributed by atoms with Crippen molar-refractivity contribution in [3.05, 3.63) is 62.5 Å². The lowest BCUT2D eigenvalue weighted by Crippen LogP contribution is -2.27. The number of hydrogen-bond donors (Lipinski definition) is 0. The maximum atomic E-state index is 12.8.